The predicted octanol–water partition coefficient (Wildman–Crippen LogP) is 4.56. The van der Waals surface area contributed by atoms with Crippen LogP contribution in [-0.2, 0) is 6.42 Å². The normalized spacial score (nSPS) is 25.8. The highest BCUT2D eigenvalue weighted by atomic mass is 32.1. The molecule has 26 heavy (non-hydrogen) atoms. The molecule has 138 valence electrons. The highest BCUT2D eigenvalue weighted by Gasteiger charge is 2.35. The first-order valence-corrected chi connectivity index (χ1v) is 10.9. The number of hydrogen-bond acceptors (Lipinski definition) is 5. The lowest BCUT2D eigenvalue weighted by atomic mass is 9.86. The zero-order chi connectivity index (χ0) is 17.3. The summed E-state index contributed by atoms with van der Waals surface area (Å²) in [5.74, 6) is 2.09. The molecular weight excluding hydrogens is 342 g/mol. The first-order chi connectivity index (χ1) is 12.8. The molecule has 0 atom stereocenters. The maximum absolute atomic E-state index is 6.19. The number of benzene rings is 1. The van der Waals surface area contributed by atoms with Crippen LogP contribution in [0.1, 0.15) is 43.4 Å². The van der Waals surface area contributed by atoms with E-state index in [4.69, 9.17) is 9.72 Å². The Labute approximate surface area is 159 Å². The lowest BCUT2D eigenvalue weighted by Crippen LogP contribution is -2.50. The molecule has 1 aromatic carbocycles. The lowest BCUT2D eigenvalue weighted by Gasteiger charge is -2.44. The van der Waals surface area contributed by atoms with Crippen LogP contribution in [0.2, 0.25) is 0 Å². The van der Waals surface area contributed by atoms with Crippen molar-refractivity contribution in [1.29, 1.82) is 0 Å². The van der Waals surface area contributed by atoms with Crippen LogP contribution < -0.4 is 10.1 Å². The quantitative estimate of drug-likeness (QED) is 0.857. The van der Waals surface area contributed by atoms with Gasteiger partial charge in [0.15, 0.2) is 0 Å². The highest BCUT2D eigenvalue weighted by Crippen LogP contribution is 2.35. The summed E-state index contributed by atoms with van der Waals surface area (Å²) < 4.78 is 6.19. The van der Waals surface area contributed by atoms with E-state index in [0.717, 1.165) is 35.6 Å². The molecule has 5 heteroatoms. The number of thiazole rings is 1. The minimum absolute atomic E-state index is 0.393. The fourth-order valence-electron chi connectivity index (χ4n) is 4.32. The van der Waals surface area contributed by atoms with Gasteiger partial charge in [0.2, 0.25) is 0 Å². The number of nitrogens with one attached hydrogen (secondary N) is 1. The average Bonchev–Trinajstić information content (AvgIpc) is 3.10. The summed E-state index contributed by atoms with van der Waals surface area (Å²) in [6.45, 7) is 3.63. The minimum atomic E-state index is 0.393. The molecule has 0 bridgehead atoms. The number of fused-ring (bicyclic) bond motifs is 1. The molecule has 3 heterocycles. The minimum Gasteiger partial charge on any atom is -0.490 e. The standard InChI is InChI=1S/C21H27N3OS/c1-2-11-24(12-3-1)16-13-18(14-16)25-17-8-6-15(7-9-17)21-23-20-19(26-21)5-4-10-22-20/h6-9,16,18,22H,1-5,10-14H2. The van der Waals surface area contributed by atoms with Crippen LogP contribution in [0.4, 0.5) is 5.82 Å². The van der Waals surface area contributed by atoms with Crippen LogP contribution in [0.5, 0.6) is 5.75 Å². The Hall–Kier alpha value is -1.59. The van der Waals surface area contributed by atoms with Crippen molar-refractivity contribution in [2.75, 3.05) is 25.0 Å². The Morgan fingerprint density at radius 1 is 1.04 bits per heavy atom. The second kappa shape index (κ2) is 7.20. The molecule has 2 fully saturated rings. The van der Waals surface area contributed by atoms with Crippen LogP contribution in [0.15, 0.2) is 24.3 Å². The molecule has 0 amide bonds. The molecule has 3 aliphatic rings. The molecule has 1 aliphatic carbocycles. The number of aryl methyl sites for hydroxylation is 1. The number of aromatic nitrogens is 1. The van der Waals surface area contributed by atoms with E-state index in [2.05, 4.69) is 34.5 Å². The Bertz CT molecular complexity index is 722. The summed E-state index contributed by atoms with van der Waals surface area (Å²) in [4.78, 5) is 8.83. The third-order valence-electron chi connectivity index (χ3n) is 5.95. The number of ether oxygens (including phenoxy) is 1. The number of piperidine rings is 1. The predicted molar refractivity (Wildman–Crippen MR) is 107 cm³/mol. The molecule has 1 saturated carbocycles. The van der Waals surface area contributed by atoms with Gasteiger partial charge in [-0.15, -0.1) is 11.3 Å². The summed E-state index contributed by atoms with van der Waals surface area (Å²) in [5.41, 5.74) is 1.19. The average molecular weight is 370 g/mol. The Morgan fingerprint density at radius 3 is 2.62 bits per heavy atom. The van der Waals surface area contributed by atoms with Gasteiger partial charge >= 0.3 is 0 Å². The largest absolute Gasteiger partial charge is 0.490 e. The molecule has 2 aromatic rings. The Kier molecular flexibility index (Phi) is 4.59. The number of hydrogen-bond donors (Lipinski definition) is 1. The third-order valence-corrected chi connectivity index (χ3v) is 7.12. The van der Waals surface area contributed by atoms with Crippen molar-refractivity contribution < 1.29 is 4.74 Å². The monoisotopic (exact) mass is 369 g/mol. The van der Waals surface area contributed by atoms with Gasteiger partial charge in [0, 0.05) is 35.9 Å². The van der Waals surface area contributed by atoms with E-state index >= 15 is 0 Å². The van der Waals surface area contributed by atoms with E-state index in [1.807, 2.05) is 11.3 Å². The van der Waals surface area contributed by atoms with Gasteiger partial charge in [-0.3, -0.25) is 0 Å². The van der Waals surface area contributed by atoms with E-state index in [9.17, 15) is 0 Å². The maximum atomic E-state index is 6.19. The Balaban J connectivity index is 1.18. The molecule has 0 radical (unpaired) electrons. The first kappa shape index (κ1) is 16.6. The van der Waals surface area contributed by atoms with Crippen LogP contribution in [-0.4, -0.2) is 41.7 Å². The number of nitrogens with zero attached hydrogens (tertiary/aromatic N) is 2. The third kappa shape index (κ3) is 3.35. The molecule has 1 N–H and O–H groups in total. The fraction of sp³-hybridized carbons (Fsp3) is 0.571. The second-order valence-electron chi connectivity index (χ2n) is 7.81. The smallest absolute Gasteiger partial charge is 0.140 e. The zero-order valence-corrected chi connectivity index (χ0v) is 16.1. The topological polar surface area (TPSA) is 37.4 Å². The van der Waals surface area contributed by atoms with E-state index in [-0.39, 0.29) is 0 Å². The summed E-state index contributed by atoms with van der Waals surface area (Å²) in [7, 11) is 0. The maximum Gasteiger partial charge on any atom is 0.140 e. The van der Waals surface area contributed by atoms with Crippen LogP contribution >= 0.6 is 11.3 Å². The lowest BCUT2D eigenvalue weighted by molar-refractivity contribution is 0.00893. The van der Waals surface area contributed by atoms with Crippen molar-refractivity contribution in [1.82, 2.24) is 9.88 Å². The molecular formula is C21H27N3OS. The van der Waals surface area contributed by atoms with Gasteiger partial charge in [0.25, 0.3) is 0 Å². The first-order valence-electron chi connectivity index (χ1n) is 10.1. The van der Waals surface area contributed by atoms with Crippen molar-refractivity contribution >= 4 is 17.2 Å². The molecule has 0 spiro atoms. The van der Waals surface area contributed by atoms with Gasteiger partial charge in [-0.05, 0) is 63.0 Å². The second-order valence-corrected chi connectivity index (χ2v) is 8.89. The van der Waals surface area contributed by atoms with E-state index < -0.39 is 0 Å². The van der Waals surface area contributed by atoms with Crippen molar-refractivity contribution in [2.24, 2.45) is 0 Å². The summed E-state index contributed by atoms with van der Waals surface area (Å²) in [6.07, 6.45) is 9.29. The molecule has 0 unspecified atom stereocenters. The van der Waals surface area contributed by atoms with Crippen molar-refractivity contribution in [3.05, 3.63) is 29.1 Å². The Morgan fingerprint density at radius 2 is 1.85 bits per heavy atom. The van der Waals surface area contributed by atoms with E-state index in [1.165, 1.54) is 62.1 Å². The van der Waals surface area contributed by atoms with Gasteiger partial charge in [0.05, 0.1) is 0 Å². The van der Waals surface area contributed by atoms with E-state index in [1.54, 1.807) is 0 Å². The number of anilines is 1. The van der Waals surface area contributed by atoms with Gasteiger partial charge < -0.3 is 15.0 Å². The molecule has 2 aliphatic heterocycles. The molecule has 4 nitrogen and oxygen atoms in total. The van der Waals surface area contributed by atoms with Crippen LogP contribution in [0, 0.1) is 0 Å². The molecule has 1 saturated heterocycles. The molecule has 1 aromatic heterocycles. The SMILES string of the molecule is c1cc(-c2nc3c(s2)CCCN3)ccc1OC1CC(N2CCCCC2)C1. The van der Waals surface area contributed by atoms with Crippen LogP contribution in [0.25, 0.3) is 10.6 Å². The van der Waals surface area contributed by atoms with Crippen molar-refractivity contribution in [3.8, 4) is 16.3 Å². The van der Waals surface area contributed by atoms with Crippen LogP contribution in [0.3, 0.4) is 0 Å². The molecule has 5 rings (SSSR count). The fourth-order valence-corrected chi connectivity index (χ4v) is 5.41. The van der Waals surface area contributed by atoms with Gasteiger partial charge in [0.1, 0.15) is 22.7 Å². The van der Waals surface area contributed by atoms with Crippen molar-refractivity contribution in [2.45, 2.75) is 57.1 Å². The summed E-state index contributed by atoms with van der Waals surface area (Å²) >= 11 is 1.82. The zero-order valence-electron chi connectivity index (χ0n) is 15.2. The van der Waals surface area contributed by atoms with E-state index in [0.29, 0.717) is 6.10 Å². The number of likely N-dealkylation sites (tertiary alicyclic amines) is 1. The summed E-state index contributed by atoms with van der Waals surface area (Å²) in [6, 6.07) is 9.28. The number of rotatable bonds is 4. The highest BCUT2D eigenvalue weighted by molar-refractivity contribution is 7.15. The summed E-state index contributed by atoms with van der Waals surface area (Å²) in [5, 5.41) is 4.52. The van der Waals surface area contributed by atoms with Gasteiger partial charge in [-0.2, -0.15) is 0 Å². The van der Waals surface area contributed by atoms with Gasteiger partial charge in [-0.1, -0.05) is 6.42 Å². The van der Waals surface area contributed by atoms with Gasteiger partial charge in [-0.25, -0.2) is 4.98 Å². The van der Waals surface area contributed by atoms with Crippen molar-refractivity contribution in [3.63, 3.8) is 0 Å².